The number of hydrogen-bond acceptors (Lipinski definition) is 4. The molecule has 1 aliphatic carbocycles. The molecule has 0 atom stereocenters. The molecule has 5 nitrogen and oxygen atoms in total. The minimum atomic E-state index is 0.128. The zero-order chi connectivity index (χ0) is 11.5. The topological polar surface area (TPSA) is 74.7 Å². The van der Waals surface area contributed by atoms with E-state index in [4.69, 9.17) is 10.9 Å². The van der Waals surface area contributed by atoms with Crippen LogP contribution in [0.25, 0.3) is 0 Å². The smallest absolute Gasteiger partial charge is 0.172 e. The van der Waals surface area contributed by atoms with Gasteiger partial charge in [-0.2, -0.15) is 0 Å². The van der Waals surface area contributed by atoms with Crippen LogP contribution in [0.1, 0.15) is 24.8 Å². The lowest BCUT2D eigenvalue weighted by molar-refractivity contribution is 0.318. The fourth-order valence-corrected chi connectivity index (χ4v) is 1.91. The second-order valence-electron chi connectivity index (χ2n) is 4.07. The fourth-order valence-electron chi connectivity index (χ4n) is 1.91. The first-order valence-electron chi connectivity index (χ1n) is 5.38. The molecule has 0 aromatic carbocycles. The molecule has 0 saturated heterocycles. The standard InChI is InChI=1S/C11H16N4O/c1-15(8-3-2-4-8)10-7-13-6-5-9(10)11(12)14-16/h5-8,16H,2-4H2,1H3,(H2,12,14). The fraction of sp³-hybridized carbons (Fsp3) is 0.455. The van der Waals surface area contributed by atoms with Crippen molar-refractivity contribution in [2.24, 2.45) is 10.9 Å². The number of pyridine rings is 1. The maximum atomic E-state index is 8.73. The number of hydrogen-bond donors (Lipinski definition) is 2. The Balaban J connectivity index is 2.31. The lowest BCUT2D eigenvalue weighted by Gasteiger charge is -2.36. The molecule has 3 N–H and O–H groups in total. The minimum Gasteiger partial charge on any atom is -0.409 e. The molecule has 5 heteroatoms. The Morgan fingerprint density at radius 3 is 2.94 bits per heavy atom. The van der Waals surface area contributed by atoms with Crippen LogP contribution >= 0.6 is 0 Å². The Bertz CT molecular complexity index is 401. The molecule has 1 fully saturated rings. The van der Waals surface area contributed by atoms with Gasteiger partial charge < -0.3 is 15.8 Å². The molecule has 16 heavy (non-hydrogen) atoms. The summed E-state index contributed by atoms with van der Waals surface area (Å²) in [5.74, 6) is 0.128. The Morgan fingerprint density at radius 2 is 2.38 bits per heavy atom. The van der Waals surface area contributed by atoms with E-state index in [9.17, 15) is 0 Å². The lowest BCUT2D eigenvalue weighted by atomic mass is 9.91. The largest absolute Gasteiger partial charge is 0.409 e. The van der Waals surface area contributed by atoms with E-state index in [1.165, 1.54) is 19.3 Å². The molecule has 1 heterocycles. The Morgan fingerprint density at radius 1 is 1.62 bits per heavy atom. The van der Waals surface area contributed by atoms with Gasteiger partial charge in [0.05, 0.1) is 11.9 Å². The molecule has 0 radical (unpaired) electrons. The minimum absolute atomic E-state index is 0.128. The second-order valence-corrected chi connectivity index (χ2v) is 4.07. The van der Waals surface area contributed by atoms with Crippen LogP contribution in [0.4, 0.5) is 5.69 Å². The highest BCUT2D eigenvalue weighted by Crippen LogP contribution is 2.29. The number of rotatable bonds is 3. The van der Waals surface area contributed by atoms with E-state index >= 15 is 0 Å². The third kappa shape index (κ3) is 1.80. The Hall–Kier alpha value is -1.78. The summed E-state index contributed by atoms with van der Waals surface area (Å²) in [6.07, 6.45) is 7.06. The molecule has 2 rings (SSSR count). The van der Waals surface area contributed by atoms with E-state index < -0.39 is 0 Å². The van der Waals surface area contributed by atoms with Crippen molar-refractivity contribution in [1.82, 2.24) is 4.98 Å². The van der Waals surface area contributed by atoms with Gasteiger partial charge in [-0.1, -0.05) is 5.16 Å². The summed E-state index contributed by atoms with van der Waals surface area (Å²) >= 11 is 0. The third-order valence-corrected chi connectivity index (χ3v) is 3.19. The van der Waals surface area contributed by atoms with Crippen LogP contribution in [0, 0.1) is 0 Å². The zero-order valence-corrected chi connectivity index (χ0v) is 9.30. The number of nitrogens with zero attached hydrogens (tertiary/aromatic N) is 3. The molecule has 1 aliphatic rings. The van der Waals surface area contributed by atoms with Gasteiger partial charge >= 0.3 is 0 Å². The van der Waals surface area contributed by atoms with Crippen molar-refractivity contribution in [3.8, 4) is 0 Å². The number of anilines is 1. The zero-order valence-electron chi connectivity index (χ0n) is 9.30. The molecule has 86 valence electrons. The van der Waals surface area contributed by atoms with E-state index in [1.54, 1.807) is 18.5 Å². The van der Waals surface area contributed by atoms with Gasteiger partial charge in [0, 0.05) is 24.8 Å². The maximum absolute atomic E-state index is 8.73. The van der Waals surface area contributed by atoms with Gasteiger partial charge in [0.15, 0.2) is 5.84 Å². The summed E-state index contributed by atoms with van der Waals surface area (Å²) in [6, 6.07) is 2.31. The molecule has 0 amide bonds. The van der Waals surface area contributed by atoms with Crippen LogP contribution in [0.5, 0.6) is 0 Å². The number of aromatic nitrogens is 1. The van der Waals surface area contributed by atoms with Crippen LogP contribution in [0.2, 0.25) is 0 Å². The first-order chi connectivity index (χ1) is 7.74. The first kappa shape index (κ1) is 10.7. The molecular formula is C11H16N4O. The van der Waals surface area contributed by atoms with Crippen molar-refractivity contribution in [3.63, 3.8) is 0 Å². The normalized spacial score (nSPS) is 16.9. The van der Waals surface area contributed by atoms with Gasteiger partial charge in [-0.25, -0.2) is 0 Å². The summed E-state index contributed by atoms with van der Waals surface area (Å²) in [6.45, 7) is 0. The molecule has 1 aromatic rings. The molecular weight excluding hydrogens is 204 g/mol. The van der Waals surface area contributed by atoms with E-state index in [0.717, 1.165) is 11.3 Å². The molecule has 1 aromatic heterocycles. The van der Waals surface area contributed by atoms with Crippen molar-refractivity contribution in [3.05, 3.63) is 24.0 Å². The molecule has 0 unspecified atom stereocenters. The van der Waals surface area contributed by atoms with Crippen LogP contribution in [-0.2, 0) is 0 Å². The lowest BCUT2D eigenvalue weighted by Crippen LogP contribution is -2.38. The highest BCUT2D eigenvalue weighted by molar-refractivity contribution is 6.02. The van der Waals surface area contributed by atoms with Gasteiger partial charge in [-0.05, 0) is 25.3 Å². The molecule has 0 aliphatic heterocycles. The van der Waals surface area contributed by atoms with Crippen LogP contribution in [0.3, 0.4) is 0 Å². The van der Waals surface area contributed by atoms with E-state index in [-0.39, 0.29) is 5.84 Å². The first-order valence-corrected chi connectivity index (χ1v) is 5.38. The monoisotopic (exact) mass is 220 g/mol. The van der Waals surface area contributed by atoms with Crippen molar-refractivity contribution in [2.45, 2.75) is 25.3 Å². The van der Waals surface area contributed by atoms with E-state index in [0.29, 0.717) is 6.04 Å². The summed E-state index contributed by atoms with van der Waals surface area (Å²) < 4.78 is 0. The summed E-state index contributed by atoms with van der Waals surface area (Å²) in [7, 11) is 2.02. The second kappa shape index (κ2) is 4.38. The van der Waals surface area contributed by atoms with Crippen LogP contribution in [0.15, 0.2) is 23.6 Å². The number of oxime groups is 1. The third-order valence-electron chi connectivity index (χ3n) is 3.19. The van der Waals surface area contributed by atoms with E-state index in [2.05, 4.69) is 15.0 Å². The summed E-state index contributed by atoms with van der Waals surface area (Å²) in [5.41, 5.74) is 7.29. The highest BCUT2D eigenvalue weighted by atomic mass is 16.4. The summed E-state index contributed by atoms with van der Waals surface area (Å²) in [5, 5.41) is 11.8. The quantitative estimate of drug-likeness (QED) is 0.347. The average molecular weight is 220 g/mol. The Labute approximate surface area is 94.6 Å². The number of amidine groups is 1. The Kier molecular flexibility index (Phi) is 2.94. The van der Waals surface area contributed by atoms with Crippen molar-refractivity contribution in [1.29, 1.82) is 0 Å². The SMILES string of the molecule is CN(c1cnccc1/C(N)=N/O)C1CCC1. The highest BCUT2D eigenvalue weighted by Gasteiger charge is 2.24. The molecule has 0 bridgehead atoms. The van der Waals surface area contributed by atoms with Gasteiger partial charge in [0.1, 0.15) is 0 Å². The van der Waals surface area contributed by atoms with Gasteiger partial charge in [0.25, 0.3) is 0 Å². The van der Waals surface area contributed by atoms with Crippen LogP contribution < -0.4 is 10.6 Å². The van der Waals surface area contributed by atoms with Gasteiger partial charge in [-0.3, -0.25) is 4.98 Å². The van der Waals surface area contributed by atoms with Gasteiger partial charge in [-0.15, -0.1) is 0 Å². The molecule has 0 spiro atoms. The molecule has 1 saturated carbocycles. The summed E-state index contributed by atoms with van der Waals surface area (Å²) in [4.78, 5) is 6.25. The van der Waals surface area contributed by atoms with Crippen molar-refractivity contribution in [2.75, 3.05) is 11.9 Å². The maximum Gasteiger partial charge on any atom is 0.172 e. The van der Waals surface area contributed by atoms with Crippen molar-refractivity contribution < 1.29 is 5.21 Å². The van der Waals surface area contributed by atoms with Crippen LogP contribution in [-0.4, -0.2) is 29.1 Å². The average Bonchev–Trinajstić information content (AvgIpc) is 2.25. The predicted molar refractivity (Wildman–Crippen MR) is 62.8 cm³/mol. The van der Waals surface area contributed by atoms with E-state index in [1.807, 2.05) is 7.05 Å². The predicted octanol–water partition coefficient (Wildman–Crippen LogP) is 1.16. The number of nitrogens with two attached hydrogens (primary N) is 1. The van der Waals surface area contributed by atoms with Crippen molar-refractivity contribution >= 4 is 11.5 Å². The van der Waals surface area contributed by atoms with Gasteiger partial charge in [0.2, 0.25) is 0 Å².